The fourth-order valence-corrected chi connectivity index (χ4v) is 5.99. The highest BCUT2D eigenvalue weighted by Gasteiger charge is 2.60. The van der Waals surface area contributed by atoms with E-state index < -0.39 is 22.2 Å². The third kappa shape index (κ3) is 3.01. The predicted molar refractivity (Wildman–Crippen MR) is 94.3 cm³/mol. The van der Waals surface area contributed by atoms with Crippen molar-refractivity contribution in [3.63, 3.8) is 0 Å². The van der Waals surface area contributed by atoms with Gasteiger partial charge in [0.1, 0.15) is 5.60 Å². The molecule has 4 nitrogen and oxygen atoms in total. The number of hydrogen-bond acceptors (Lipinski definition) is 4. The molecular formula is C20H35NO3. The Morgan fingerprint density at radius 3 is 2.17 bits per heavy atom. The summed E-state index contributed by atoms with van der Waals surface area (Å²) >= 11 is 0. The zero-order valence-electron chi connectivity index (χ0n) is 16.0. The van der Waals surface area contributed by atoms with E-state index in [0.717, 1.165) is 25.7 Å². The molecular weight excluding hydrogens is 302 g/mol. The molecule has 0 saturated heterocycles. The van der Waals surface area contributed by atoms with Crippen molar-refractivity contribution < 1.29 is 14.6 Å². The number of carbonyl (C=O) groups is 1. The summed E-state index contributed by atoms with van der Waals surface area (Å²) < 4.78 is 6.23. The van der Waals surface area contributed by atoms with Gasteiger partial charge in [-0.3, -0.25) is 4.79 Å². The van der Waals surface area contributed by atoms with Gasteiger partial charge in [0.25, 0.3) is 0 Å². The average molecular weight is 338 g/mol. The Morgan fingerprint density at radius 1 is 1.21 bits per heavy atom. The van der Waals surface area contributed by atoms with Crippen LogP contribution in [-0.2, 0) is 9.53 Å². The van der Waals surface area contributed by atoms with Gasteiger partial charge in [-0.25, -0.2) is 0 Å². The molecule has 4 rings (SSSR count). The van der Waals surface area contributed by atoms with Gasteiger partial charge in [-0.05, 0) is 77.0 Å². The van der Waals surface area contributed by atoms with Crippen molar-refractivity contribution in [2.45, 2.75) is 96.3 Å². The molecule has 0 radical (unpaired) electrons. The number of aliphatic hydroxyl groups is 1. The Bertz CT molecular complexity index is 507. The quantitative estimate of drug-likeness (QED) is 0.754. The van der Waals surface area contributed by atoms with Crippen LogP contribution in [0.4, 0.5) is 0 Å². The van der Waals surface area contributed by atoms with Gasteiger partial charge in [0, 0.05) is 12.0 Å². The Morgan fingerprint density at radius 2 is 1.75 bits per heavy atom. The molecule has 0 aromatic heterocycles. The lowest BCUT2D eigenvalue weighted by Crippen LogP contribution is -2.63. The van der Waals surface area contributed by atoms with Crippen LogP contribution in [-0.4, -0.2) is 27.8 Å². The minimum absolute atomic E-state index is 0.172. The van der Waals surface area contributed by atoms with Gasteiger partial charge < -0.3 is 15.6 Å². The van der Waals surface area contributed by atoms with Crippen molar-refractivity contribution in [3.05, 3.63) is 0 Å². The minimum Gasteiger partial charge on any atom is -0.458 e. The lowest BCUT2D eigenvalue weighted by molar-refractivity contribution is -0.228. The lowest BCUT2D eigenvalue weighted by atomic mass is 9.52. The molecule has 138 valence electrons. The molecule has 3 unspecified atom stereocenters. The highest BCUT2D eigenvalue weighted by Crippen LogP contribution is 2.59. The van der Waals surface area contributed by atoms with Crippen LogP contribution in [0, 0.1) is 23.2 Å². The Balaban J connectivity index is 1.83. The maximum atomic E-state index is 13.3. The third-order valence-electron chi connectivity index (χ3n) is 6.97. The first-order chi connectivity index (χ1) is 10.9. The first kappa shape index (κ1) is 18.2. The second-order valence-corrected chi connectivity index (χ2v) is 10.4. The van der Waals surface area contributed by atoms with Crippen LogP contribution in [0.15, 0.2) is 0 Å². The molecule has 4 bridgehead atoms. The zero-order valence-corrected chi connectivity index (χ0v) is 16.0. The largest absolute Gasteiger partial charge is 0.458 e. The molecule has 0 aliphatic heterocycles. The second kappa shape index (κ2) is 5.44. The van der Waals surface area contributed by atoms with Crippen molar-refractivity contribution in [1.82, 2.24) is 0 Å². The van der Waals surface area contributed by atoms with E-state index >= 15 is 0 Å². The first-order valence-electron chi connectivity index (χ1n) is 9.61. The van der Waals surface area contributed by atoms with Gasteiger partial charge >= 0.3 is 5.97 Å². The fraction of sp³-hybridized carbons (Fsp3) is 0.950. The standard InChI is InChI=1S/C20H35NO3/c1-13(2)7-18(5,17(3,4)21)16(22)24-20-10-14-6-15(11-20)9-19(23,8-14)12-20/h13-15,23H,6-12,21H2,1-5H3. The maximum absolute atomic E-state index is 13.3. The van der Waals surface area contributed by atoms with E-state index in [9.17, 15) is 9.90 Å². The van der Waals surface area contributed by atoms with Crippen LogP contribution in [0.2, 0.25) is 0 Å². The van der Waals surface area contributed by atoms with Crippen LogP contribution in [0.1, 0.15) is 79.6 Å². The SMILES string of the molecule is CC(C)CC(C)(C(=O)OC12CC3CC(CC(O)(C3)C1)C2)C(C)(C)N. The smallest absolute Gasteiger partial charge is 0.314 e. The monoisotopic (exact) mass is 337 g/mol. The first-order valence-corrected chi connectivity index (χ1v) is 9.61. The second-order valence-electron chi connectivity index (χ2n) is 10.4. The van der Waals surface area contributed by atoms with Gasteiger partial charge in [0.05, 0.1) is 11.0 Å². The predicted octanol–water partition coefficient (Wildman–Crippen LogP) is 3.40. The van der Waals surface area contributed by atoms with Gasteiger partial charge in [0.15, 0.2) is 0 Å². The number of carbonyl (C=O) groups excluding carboxylic acids is 1. The van der Waals surface area contributed by atoms with Crippen molar-refractivity contribution in [3.8, 4) is 0 Å². The van der Waals surface area contributed by atoms with Gasteiger partial charge in [0.2, 0.25) is 0 Å². The molecule has 0 amide bonds. The number of nitrogens with two attached hydrogens (primary N) is 1. The summed E-state index contributed by atoms with van der Waals surface area (Å²) in [6.07, 6.45) is 6.11. The van der Waals surface area contributed by atoms with Gasteiger partial charge in [-0.1, -0.05) is 13.8 Å². The number of ether oxygens (including phenoxy) is 1. The van der Waals surface area contributed by atoms with Gasteiger partial charge in [-0.15, -0.1) is 0 Å². The zero-order chi connectivity index (χ0) is 18.0. The van der Waals surface area contributed by atoms with Gasteiger partial charge in [-0.2, -0.15) is 0 Å². The number of rotatable bonds is 5. The topological polar surface area (TPSA) is 72.5 Å². The highest BCUT2D eigenvalue weighted by atomic mass is 16.6. The van der Waals surface area contributed by atoms with E-state index in [0.29, 0.717) is 30.6 Å². The lowest BCUT2D eigenvalue weighted by Gasteiger charge is -2.59. The van der Waals surface area contributed by atoms with Crippen LogP contribution in [0.25, 0.3) is 0 Å². The van der Waals surface area contributed by atoms with E-state index in [1.807, 2.05) is 20.8 Å². The molecule has 4 aliphatic rings. The Kier molecular flexibility index (Phi) is 4.12. The summed E-state index contributed by atoms with van der Waals surface area (Å²) in [6.45, 7) is 10.0. The summed E-state index contributed by atoms with van der Waals surface area (Å²) in [5.74, 6) is 1.21. The number of esters is 1. The molecule has 3 N–H and O–H groups in total. The molecule has 0 heterocycles. The van der Waals surface area contributed by atoms with E-state index in [1.54, 1.807) is 0 Å². The highest BCUT2D eigenvalue weighted by molar-refractivity contribution is 5.78. The summed E-state index contributed by atoms with van der Waals surface area (Å²) in [7, 11) is 0. The molecule has 4 heteroatoms. The van der Waals surface area contributed by atoms with Crippen LogP contribution < -0.4 is 5.73 Å². The summed E-state index contributed by atoms with van der Waals surface area (Å²) in [4.78, 5) is 13.3. The molecule has 4 fully saturated rings. The van der Waals surface area contributed by atoms with Crippen molar-refractivity contribution in [2.75, 3.05) is 0 Å². The van der Waals surface area contributed by atoms with Crippen LogP contribution >= 0.6 is 0 Å². The Hall–Kier alpha value is -0.610. The van der Waals surface area contributed by atoms with Crippen LogP contribution in [0.3, 0.4) is 0 Å². The molecule has 0 aromatic rings. The normalized spacial score (nSPS) is 40.7. The van der Waals surface area contributed by atoms with Crippen molar-refractivity contribution in [2.24, 2.45) is 28.9 Å². The van der Waals surface area contributed by atoms with Crippen molar-refractivity contribution >= 4 is 5.97 Å². The van der Waals surface area contributed by atoms with E-state index in [-0.39, 0.29) is 5.97 Å². The minimum atomic E-state index is -0.715. The molecule has 0 aromatic carbocycles. The molecule has 0 spiro atoms. The maximum Gasteiger partial charge on any atom is 0.314 e. The molecule has 3 atom stereocenters. The number of hydrogen-bond donors (Lipinski definition) is 2. The molecule has 4 aliphatic carbocycles. The van der Waals surface area contributed by atoms with Crippen LogP contribution in [0.5, 0.6) is 0 Å². The Labute approximate surface area is 146 Å². The summed E-state index contributed by atoms with van der Waals surface area (Å²) in [6, 6.07) is 0. The average Bonchev–Trinajstić information content (AvgIpc) is 2.32. The molecule has 24 heavy (non-hydrogen) atoms. The summed E-state index contributed by atoms with van der Waals surface area (Å²) in [5, 5.41) is 10.9. The fourth-order valence-electron chi connectivity index (χ4n) is 5.99. The van der Waals surface area contributed by atoms with E-state index in [4.69, 9.17) is 10.5 Å². The van der Waals surface area contributed by atoms with E-state index in [1.165, 1.54) is 6.42 Å². The molecule has 4 saturated carbocycles. The van der Waals surface area contributed by atoms with Crippen molar-refractivity contribution in [1.29, 1.82) is 0 Å². The third-order valence-corrected chi connectivity index (χ3v) is 6.97. The van der Waals surface area contributed by atoms with E-state index in [2.05, 4.69) is 13.8 Å². The summed E-state index contributed by atoms with van der Waals surface area (Å²) in [5.41, 5.74) is 3.97.